The SMILES string of the molecule is CCOCCOc1nccc(CN)c1Cl. The summed E-state index contributed by atoms with van der Waals surface area (Å²) in [5, 5.41) is 0.483. The van der Waals surface area contributed by atoms with Crippen LogP contribution in [0.4, 0.5) is 0 Å². The van der Waals surface area contributed by atoms with Crippen LogP contribution in [-0.2, 0) is 11.3 Å². The number of halogens is 1. The largest absolute Gasteiger partial charge is 0.474 e. The van der Waals surface area contributed by atoms with E-state index in [9.17, 15) is 0 Å². The fourth-order valence-electron chi connectivity index (χ4n) is 1.06. The maximum absolute atomic E-state index is 6.01. The summed E-state index contributed by atoms with van der Waals surface area (Å²) in [5.74, 6) is 0.416. The Kier molecular flexibility index (Phi) is 5.39. The molecule has 0 aromatic carbocycles. The van der Waals surface area contributed by atoms with Gasteiger partial charge in [0.1, 0.15) is 11.6 Å². The van der Waals surface area contributed by atoms with Gasteiger partial charge in [0.05, 0.1) is 6.61 Å². The van der Waals surface area contributed by atoms with Crippen molar-refractivity contribution in [3.05, 3.63) is 22.8 Å². The highest BCUT2D eigenvalue weighted by Gasteiger charge is 2.06. The third-order valence-corrected chi connectivity index (χ3v) is 2.23. The first kappa shape index (κ1) is 12.2. The summed E-state index contributed by atoms with van der Waals surface area (Å²) in [6, 6.07) is 1.78. The molecule has 2 N–H and O–H groups in total. The van der Waals surface area contributed by atoms with Crippen LogP contribution in [0.3, 0.4) is 0 Å². The van der Waals surface area contributed by atoms with Crippen LogP contribution in [0, 0.1) is 0 Å². The smallest absolute Gasteiger partial charge is 0.232 e. The summed E-state index contributed by atoms with van der Waals surface area (Å²) in [6.07, 6.45) is 1.63. The maximum Gasteiger partial charge on any atom is 0.232 e. The molecule has 0 spiro atoms. The first-order valence-corrected chi connectivity index (χ1v) is 5.21. The van der Waals surface area contributed by atoms with Crippen LogP contribution in [0.5, 0.6) is 5.88 Å². The van der Waals surface area contributed by atoms with E-state index < -0.39 is 0 Å². The van der Waals surface area contributed by atoms with Crippen molar-refractivity contribution in [3.63, 3.8) is 0 Å². The molecule has 0 aliphatic carbocycles. The summed E-state index contributed by atoms with van der Waals surface area (Å²) in [6.45, 7) is 3.95. The number of rotatable bonds is 6. The topological polar surface area (TPSA) is 57.4 Å². The number of hydrogen-bond acceptors (Lipinski definition) is 4. The third kappa shape index (κ3) is 3.66. The molecule has 0 aliphatic rings. The van der Waals surface area contributed by atoms with E-state index in [-0.39, 0.29) is 0 Å². The lowest BCUT2D eigenvalue weighted by molar-refractivity contribution is 0.108. The van der Waals surface area contributed by atoms with Crippen molar-refractivity contribution in [1.29, 1.82) is 0 Å². The zero-order valence-corrected chi connectivity index (χ0v) is 9.46. The van der Waals surface area contributed by atoms with Crippen LogP contribution >= 0.6 is 11.6 Å². The number of nitrogens with zero attached hydrogens (tertiary/aromatic N) is 1. The average molecular weight is 231 g/mol. The molecule has 0 saturated carbocycles. The number of hydrogen-bond donors (Lipinski definition) is 1. The van der Waals surface area contributed by atoms with Gasteiger partial charge in [0.2, 0.25) is 5.88 Å². The second-order valence-electron chi connectivity index (χ2n) is 2.84. The van der Waals surface area contributed by atoms with Gasteiger partial charge in [-0.25, -0.2) is 4.98 Å². The Hall–Kier alpha value is -0.840. The van der Waals surface area contributed by atoms with E-state index in [0.29, 0.717) is 37.3 Å². The molecule has 0 amide bonds. The Morgan fingerprint density at radius 1 is 1.47 bits per heavy atom. The van der Waals surface area contributed by atoms with Gasteiger partial charge in [-0.3, -0.25) is 0 Å². The molecule has 0 fully saturated rings. The quantitative estimate of drug-likeness (QED) is 0.755. The van der Waals surface area contributed by atoms with E-state index in [1.807, 2.05) is 6.92 Å². The van der Waals surface area contributed by atoms with Crippen molar-refractivity contribution in [2.75, 3.05) is 19.8 Å². The number of nitrogens with two attached hydrogens (primary N) is 1. The summed E-state index contributed by atoms with van der Waals surface area (Å²) in [4.78, 5) is 4.02. The first-order chi connectivity index (χ1) is 7.29. The third-order valence-electron chi connectivity index (χ3n) is 1.83. The average Bonchev–Trinajstić information content (AvgIpc) is 2.26. The van der Waals surface area contributed by atoms with Crippen molar-refractivity contribution in [1.82, 2.24) is 4.98 Å². The Labute approximate surface area is 94.3 Å². The summed E-state index contributed by atoms with van der Waals surface area (Å²) < 4.78 is 10.5. The standard InChI is InChI=1S/C10H15ClN2O2/c1-2-14-5-6-15-10-9(11)8(7-12)3-4-13-10/h3-4H,2,5-7,12H2,1H3. The molecule has 1 rings (SSSR count). The summed E-state index contributed by atoms with van der Waals surface area (Å²) in [5.41, 5.74) is 6.33. The van der Waals surface area contributed by atoms with Crippen LogP contribution in [0.15, 0.2) is 12.3 Å². The van der Waals surface area contributed by atoms with Crippen molar-refractivity contribution >= 4 is 11.6 Å². The van der Waals surface area contributed by atoms with Gasteiger partial charge in [-0.2, -0.15) is 0 Å². The second-order valence-corrected chi connectivity index (χ2v) is 3.22. The molecule has 0 radical (unpaired) electrons. The normalized spacial score (nSPS) is 10.3. The van der Waals surface area contributed by atoms with Gasteiger partial charge >= 0.3 is 0 Å². The van der Waals surface area contributed by atoms with Crippen LogP contribution < -0.4 is 10.5 Å². The van der Waals surface area contributed by atoms with Crippen molar-refractivity contribution in [2.24, 2.45) is 5.73 Å². The fraction of sp³-hybridized carbons (Fsp3) is 0.500. The highest BCUT2D eigenvalue weighted by atomic mass is 35.5. The predicted molar refractivity (Wildman–Crippen MR) is 59.1 cm³/mol. The van der Waals surface area contributed by atoms with Gasteiger partial charge in [-0.15, -0.1) is 0 Å². The Balaban J connectivity index is 2.53. The molecule has 0 atom stereocenters. The van der Waals surface area contributed by atoms with E-state index in [2.05, 4.69) is 4.98 Å². The lowest BCUT2D eigenvalue weighted by atomic mass is 10.3. The molecular weight excluding hydrogens is 216 g/mol. The Morgan fingerprint density at radius 3 is 2.93 bits per heavy atom. The number of aromatic nitrogens is 1. The highest BCUT2D eigenvalue weighted by molar-refractivity contribution is 6.32. The van der Waals surface area contributed by atoms with Gasteiger partial charge in [0.25, 0.3) is 0 Å². The van der Waals surface area contributed by atoms with E-state index in [1.165, 1.54) is 0 Å². The van der Waals surface area contributed by atoms with E-state index in [0.717, 1.165) is 5.56 Å². The zero-order valence-electron chi connectivity index (χ0n) is 8.70. The van der Waals surface area contributed by atoms with Gasteiger partial charge in [0.15, 0.2) is 0 Å². The van der Waals surface area contributed by atoms with E-state index >= 15 is 0 Å². The molecule has 0 unspecified atom stereocenters. The summed E-state index contributed by atoms with van der Waals surface area (Å²) >= 11 is 6.01. The van der Waals surface area contributed by atoms with Gasteiger partial charge in [-0.1, -0.05) is 11.6 Å². The molecule has 0 bridgehead atoms. The molecular formula is C10H15ClN2O2. The lowest BCUT2D eigenvalue weighted by Gasteiger charge is -2.08. The Bertz CT molecular complexity index is 307. The van der Waals surface area contributed by atoms with Crippen molar-refractivity contribution < 1.29 is 9.47 Å². The molecule has 0 aliphatic heterocycles. The molecule has 1 aromatic rings. The summed E-state index contributed by atoms with van der Waals surface area (Å²) in [7, 11) is 0. The van der Waals surface area contributed by atoms with E-state index in [1.54, 1.807) is 12.3 Å². The lowest BCUT2D eigenvalue weighted by Crippen LogP contribution is -2.08. The second kappa shape index (κ2) is 6.61. The van der Waals surface area contributed by atoms with Crippen LogP contribution in [0.25, 0.3) is 0 Å². The van der Waals surface area contributed by atoms with Crippen LogP contribution in [0.1, 0.15) is 12.5 Å². The minimum Gasteiger partial charge on any atom is -0.474 e. The van der Waals surface area contributed by atoms with Crippen LogP contribution in [-0.4, -0.2) is 24.8 Å². The predicted octanol–water partition coefficient (Wildman–Crippen LogP) is 1.61. The number of ether oxygens (including phenoxy) is 2. The molecule has 1 heterocycles. The van der Waals surface area contributed by atoms with Crippen LogP contribution in [0.2, 0.25) is 5.02 Å². The van der Waals surface area contributed by atoms with Gasteiger partial charge in [0, 0.05) is 19.3 Å². The number of pyridine rings is 1. The molecule has 4 nitrogen and oxygen atoms in total. The molecule has 5 heteroatoms. The minimum absolute atomic E-state index is 0.378. The van der Waals surface area contributed by atoms with Gasteiger partial charge in [-0.05, 0) is 18.6 Å². The van der Waals surface area contributed by atoms with Crippen molar-refractivity contribution in [3.8, 4) is 5.88 Å². The van der Waals surface area contributed by atoms with Gasteiger partial charge < -0.3 is 15.2 Å². The Morgan fingerprint density at radius 2 is 2.27 bits per heavy atom. The fourth-order valence-corrected chi connectivity index (χ4v) is 1.31. The maximum atomic E-state index is 6.01. The molecule has 84 valence electrons. The molecule has 1 aromatic heterocycles. The molecule has 15 heavy (non-hydrogen) atoms. The first-order valence-electron chi connectivity index (χ1n) is 4.83. The monoisotopic (exact) mass is 230 g/mol. The molecule has 0 saturated heterocycles. The highest BCUT2D eigenvalue weighted by Crippen LogP contribution is 2.24. The van der Waals surface area contributed by atoms with E-state index in [4.69, 9.17) is 26.8 Å². The zero-order chi connectivity index (χ0) is 11.1. The van der Waals surface area contributed by atoms with Crippen molar-refractivity contribution in [2.45, 2.75) is 13.5 Å². The minimum atomic E-state index is 0.378.